The van der Waals surface area contributed by atoms with Crippen molar-refractivity contribution >= 4 is 24.1 Å². The molecule has 0 amide bonds. The first kappa shape index (κ1) is 4.74. The van der Waals surface area contributed by atoms with Gasteiger partial charge in [-0.05, 0) is 0 Å². The van der Waals surface area contributed by atoms with E-state index in [0.29, 0.717) is 0 Å². The van der Waals surface area contributed by atoms with Crippen LogP contribution in [-0.2, 0) is 0 Å². The Bertz CT molecular complexity index is 10.0. The Hall–Kier alpha value is 0.739. The Morgan fingerprint density at radius 1 is 2.00 bits per heavy atom. The third kappa shape index (κ3) is 2.74. The second-order valence-corrected chi connectivity index (χ2v) is 2.27. The summed E-state index contributed by atoms with van der Waals surface area (Å²) in [5.41, 5.74) is -0.353. The van der Waals surface area contributed by atoms with Gasteiger partial charge in [-0.15, -0.1) is 0 Å². The van der Waals surface area contributed by atoms with Gasteiger partial charge in [-0.3, -0.25) is 0 Å². The van der Waals surface area contributed by atoms with E-state index in [-0.39, 0.29) is 19.6 Å². The normalized spacial score (nSPS) is 7.50. The molecule has 26 valence electrons. The summed E-state index contributed by atoms with van der Waals surface area (Å²) < 4.78 is 10.6. The van der Waals surface area contributed by atoms with Crippen LogP contribution in [0.1, 0.15) is 0 Å². The van der Waals surface area contributed by atoms with E-state index in [9.17, 15) is 4.39 Å². The maximum absolute atomic E-state index is 10.6. The molecule has 0 aromatic heterocycles. The predicted molar refractivity (Wildman–Crippen MR) is 17.6 cm³/mol. The Morgan fingerprint density at radius 2 is 2.25 bits per heavy atom. The first-order chi connectivity index (χ1) is 1.91. The molecule has 4 heavy (non-hydrogen) atoms. The van der Waals surface area contributed by atoms with Gasteiger partial charge in [0.15, 0.2) is 0 Å². The van der Waals surface area contributed by atoms with Crippen LogP contribution in [0.5, 0.6) is 0 Å². The van der Waals surface area contributed by atoms with Crippen molar-refractivity contribution in [2.75, 3.05) is 5.57 Å². The van der Waals surface area contributed by atoms with Crippen molar-refractivity contribution in [3.63, 3.8) is 0 Å². The molecule has 0 aliphatic rings. The van der Waals surface area contributed by atoms with Gasteiger partial charge in [0.1, 0.15) is 0 Å². The molecule has 0 rings (SSSR count). The SMILES string of the molecule is FC[Se]Cl. The molecule has 0 radical (unpaired) electrons. The minimum atomic E-state index is -0.353. The summed E-state index contributed by atoms with van der Waals surface area (Å²) in [7, 11) is 4.87. The molecule has 0 bridgehead atoms. The topological polar surface area (TPSA) is 0 Å². The van der Waals surface area contributed by atoms with E-state index in [2.05, 4.69) is 0 Å². The van der Waals surface area contributed by atoms with E-state index in [0.717, 1.165) is 0 Å². The van der Waals surface area contributed by atoms with E-state index in [1.807, 2.05) is 0 Å². The van der Waals surface area contributed by atoms with Crippen molar-refractivity contribution in [2.45, 2.75) is 0 Å². The molecule has 0 atom stereocenters. The van der Waals surface area contributed by atoms with Gasteiger partial charge in [0.25, 0.3) is 0 Å². The molecule has 0 aliphatic carbocycles. The van der Waals surface area contributed by atoms with Crippen molar-refractivity contribution in [3.05, 3.63) is 0 Å². The van der Waals surface area contributed by atoms with Crippen LogP contribution in [0.3, 0.4) is 0 Å². The molecule has 0 unspecified atom stereocenters. The molecule has 0 fully saturated rings. The van der Waals surface area contributed by atoms with Crippen LogP contribution >= 0.6 is 10.1 Å². The van der Waals surface area contributed by atoms with Crippen LogP contribution in [0.2, 0.25) is 0 Å². The summed E-state index contributed by atoms with van der Waals surface area (Å²) in [5, 5.41) is 0. The second kappa shape index (κ2) is 3.74. The molecule has 0 aromatic carbocycles. The number of alkyl halides is 1. The zero-order valence-electron chi connectivity index (χ0n) is 1.87. The van der Waals surface area contributed by atoms with Gasteiger partial charge >= 0.3 is 34.1 Å². The summed E-state index contributed by atoms with van der Waals surface area (Å²) in [6.07, 6.45) is 0. The van der Waals surface area contributed by atoms with Gasteiger partial charge in [0, 0.05) is 0 Å². The molecule has 0 heterocycles. The standard InChI is InChI=1S/CH2ClFSe/c2-4-1-3/h1H2. The summed E-state index contributed by atoms with van der Waals surface area (Å²) in [4.78, 5) is 0. The van der Waals surface area contributed by atoms with Crippen molar-refractivity contribution in [2.24, 2.45) is 0 Å². The monoisotopic (exact) mass is 148 g/mol. The molecule has 0 nitrogen and oxygen atoms in total. The fraction of sp³-hybridized carbons (Fsp3) is 1.00. The number of rotatable bonds is 1. The van der Waals surface area contributed by atoms with Crippen LogP contribution in [0.4, 0.5) is 4.39 Å². The van der Waals surface area contributed by atoms with Gasteiger partial charge in [-0.1, -0.05) is 0 Å². The fourth-order valence-corrected chi connectivity index (χ4v) is 0. The van der Waals surface area contributed by atoms with Gasteiger partial charge in [-0.2, -0.15) is 0 Å². The molecule has 0 saturated carbocycles. The molecule has 0 saturated heterocycles. The van der Waals surface area contributed by atoms with Crippen LogP contribution in [0, 0.1) is 0 Å². The van der Waals surface area contributed by atoms with E-state index < -0.39 is 0 Å². The summed E-state index contributed by atoms with van der Waals surface area (Å²) in [6.45, 7) is 0. The average Bonchev–Trinajstić information content (AvgIpc) is 1.37. The molecule has 0 spiro atoms. The Kier molecular flexibility index (Phi) is 4.43. The van der Waals surface area contributed by atoms with Crippen molar-refractivity contribution in [3.8, 4) is 0 Å². The number of hydrogen-bond donors (Lipinski definition) is 0. The number of halogens is 2. The molecule has 3 heteroatoms. The third-order valence-corrected chi connectivity index (χ3v) is 0.643. The Morgan fingerprint density at radius 3 is 2.25 bits per heavy atom. The fourth-order valence-electron chi connectivity index (χ4n) is 0. The second-order valence-electron chi connectivity index (χ2n) is 0.218. The third-order valence-electron chi connectivity index (χ3n) is 0.0412. The van der Waals surface area contributed by atoms with Crippen molar-refractivity contribution in [1.82, 2.24) is 0 Å². The van der Waals surface area contributed by atoms with Gasteiger partial charge < -0.3 is 0 Å². The van der Waals surface area contributed by atoms with E-state index >= 15 is 0 Å². The minimum absolute atomic E-state index is 0.278. The first-order valence-corrected chi connectivity index (χ1v) is 4.17. The van der Waals surface area contributed by atoms with Crippen LogP contribution in [0.25, 0.3) is 0 Å². The maximum atomic E-state index is 10.6. The molecular weight excluding hydrogens is 145 g/mol. The zero-order valence-corrected chi connectivity index (χ0v) is 4.34. The summed E-state index contributed by atoms with van der Waals surface area (Å²) in [6, 6.07) is 0. The average molecular weight is 147 g/mol. The first-order valence-electron chi connectivity index (χ1n) is 0.710. The Labute approximate surface area is 34.7 Å². The quantitative estimate of drug-likeness (QED) is 0.481. The molecule has 0 N–H and O–H groups in total. The molecule has 0 aromatic rings. The Balaban J connectivity index is 1.97. The van der Waals surface area contributed by atoms with E-state index in [1.54, 1.807) is 0 Å². The molecule has 0 aliphatic heterocycles. The summed E-state index contributed by atoms with van der Waals surface area (Å²) >= 11 is -0.278. The van der Waals surface area contributed by atoms with Crippen LogP contribution in [0.15, 0.2) is 0 Å². The van der Waals surface area contributed by atoms with Gasteiger partial charge in [-0.25, -0.2) is 0 Å². The van der Waals surface area contributed by atoms with E-state index in [4.69, 9.17) is 10.1 Å². The van der Waals surface area contributed by atoms with Gasteiger partial charge in [0.05, 0.1) is 0 Å². The number of hydrogen-bond acceptors (Lipinski definition) is 0. The van der Waals surface area contributed by atoms with E-state index in [1.165, 1.54) is 0 Å². The van der Waals surface area contributed by atoms with Gasteiger partial charge in [0.2, 0.25) is 0 Å². The molecular formula is CH2ClFSe. The van der Waals surface area contributed by atoms with Crippen LogP contribution < -0.4 is 0 Å². The predicted octanol–water partition coefficient (Wildman–Crippen LogP) is 0.771. The van der Waals surface area contributed by atoms with Crippen molar-refractivity contribution in [1.29, 1.82) is 0 Å². The summed E-state index contributed by atoms with van der Waals surface area (Å²) in [5.74, 6) is 0. The van der Waals surface area contributed by atoms with Crippen LogP contribution in [-0.4, -0.2) is 19.6 Å². The van der Waals surface area contributed by atoms with Crippen molar-refractivity contribution < 1.29 is 4.39 Å². The zero-order chi connectivity index (χ0) is 3.41.